The normalized spacial score (nSPS) is 14.7. The number of hydrogen-bond acceptors (Lipinski definition) is 3. The van der Waals surface area contributed by atoms with Gasteiger partial charge in [0.25, 0.3) is 0 Å². The number of hydrogen-bond donors (Lipinski definition) is 0. The fourth-order valence-electron chi connectivity index (χ4n) is 2.40. The third-order valence-electron chi connectivity index (χ3n) is 3.80. The van der Waals surface area contributed by atoms with Crippen LogP contribution in [0, 0.1) is 0 Å². The van der Waals surface area contributed by atoms with Gasteiger partial charge in [-0.3, -0.25) is 9.59 Å². The van der Waals surface area contributed by atoms with Gasteiger partial charge in [0.1, 0.15) is 0 Å². The smallest absolute Gasteiger partial charge is 0.242 e. The summed E-state index contributed by atoms with van der Waals surface area (Å²) in [7, 11) is 0. The van der Waals surface area contributed by atoms with Crippen molar-refractivity contribution in [1.29, 1.82) is 0 Å². The molecule has 0 bridgehead atoms. The number of ether oxygens (including phenoxy) is 1. The van der Waals surface area contributed by atoms with Crippen molar-refractivity contribution in [2.75, 3.05) is 39.4 Å². The van der Waals surface area contributed by atoms with Crippen LogP contribution in [0.5, 0.6) is 0 Å². The van der Waals surface area contributed by atoms with E-state index in [9.17, 15) is 9.59 Å². The molecule has 1 fully saturated rings. The Balaban J connectivity index is 1.93. The summed E-state index contributed by atoms with van der Waals surface area (Å²) in [5.74, 6) is -0.178. The second-order valence-corrected chi connectivity index (χ2v) is 6.26. The van der Waals surface area contributed by atoms with E-state index in [0.29, 0.717) is 49.3 Å². The molecule has 5 nitrogen and oxygen atoms in total. The molecular formula is C16H20Cl2N2O3. The lowest BCUT2D eigenvalue weighted by Gasteiger charge is -2.29. The largest absolute Gasteiger partial charge is 0.378 e. The molecule has 0 unspecified atom stereocenters. The topological polar surface area (TPSA) is 49.9 Å². The Kier molecular flexibility index (Phi) is 6.69. The molecule has 2 amide bonds. The predicted molar refractivity (Wildman–Crippen MR) is 89.8 cm³/mol. The Hall–Kier alpha value is -1.30. The fourth-order valence-corrected chi connectivity index (χ4v) is 2.91. The number of benzene rings is 1. The Morgan fingerprint density at radius 3 is 2.57 bits per heavy atom. The molecule has 0 aliphatic carbocycles. The molecule has 0 spiro atoms. The second kappa shape index (κ2) is 8.52. The van der Waals surface area contributed by atoms with Crippen LogP contribution in [0.25, 0.3) is 0 Å². The first-order chi connectivity index (χ1) is 11.0. The maximum atomic E-state index is 12.3. The Morgan fingerprint density at radius 2 is 1.96 bits per heavy atom. The molecule has 1 heterocycles. The number of carbonyl (C=O) groups is 2. The zero-order valence-electron chi connectivity index (χ0n) is 13.1. The second-order valence-electron chi connectivity index (χ2n) is 5.42. The monoisotopic (exact) mass is 358 g/mol. The van der Waals surface area contributed by atoms with Crippen LogP contribution in [0.15, 0.2) is 18.2 Å². The Labute approximate surface area is 146 Å². The van der Waals surface area contributed by atoms with Gasteiger partial charge in [-0.05, 0) is 24.1 Å². The molecule has 1 aromatic rings. The first kappa shape index (κ1) is 18.0. The van der Waals surface area contributed by atoms with Crippen LogP contribution in [-0.4, -0.2) is 61.0 Å². The van der Waals surface area contributed by atoms with Gasteiger partial charge in [-0.25, -0.2) is 0 Å². The molecule has 0 radical (unpaired) electrons. The van der Waals surface area contributed by atoms with E-state index in [0.717, 1.165) is 5.56 Å². The Morgan fingerprint density at radius 1 is 1.26 bits per heavy atom. The summed E-state index contributed by atoms with van der Waals surface area (Å²) in [5, 5.41) is 1.14. The first-order valence-corrected chi connectivity index (χ1v) is 8.28. The molecule has 7 heteroatoms. The molecule has 1 saturated heterocycles. The van der Waals surface area contributed by atoms with Crippen molar-refractivity contribution in [3.63, 3.8) is 0 Å². The molecule has 0 atom stereocenters. The summed E-state index contributed by atoms with van der Waals surface area (Å²) in [6.07, 6.45) is 0.575. The van der Waals surface area contributed by atoms with Gasteiger partial charge >= 0.3 is 0 Å². The standard InChI is InChI=1S/C16H20Cl2N2O3/c1-12(21)20(11-16(22)19-6-8-23-9-7-19)5-4-13-2-3-14(17)10-15(13)18/h2-3,10H,4-9,11H2,1H3. The molecule has 0 saturated carbocycles. The van der Waals surface area contributed by atoms with Crippen molar-refractivity contribution in [1.82, 2.24) is 9.80 Å². The van der Waals surface area contributed by atoms with Gasteiger partial charge in [-0.15, -0.1) is 0 Å². The molecule has 1 aromatic carbocycles. The highest BCUT2D eigenvalue weighted by Gasteiger charge is 2.21. The van der Waals surface area contributed by atoms with E-state index < -0.39 is 0 Å². The maximum absolute atomic E-state index is 12.3. The van der Waals surface area contributed by atoms with Gasteiger partial charge in [-0.2, -0.15) is 0 Å². The minimum atomic E-state index is -0.128. The quantitative estimate of drug-likeness (QED) is 0.810. The van der Waals surface area contributed by atoms with Crippen molar-refractivity contribution in [3.05, 3.63) is 33.8 Å². The van der Waals surface area contributed by atoms with Crippen molar-refractivity contribution in [3.8, 4) is 0 Å². The number of halogens is 2. The van der Waals surface area contributed by atoms with Gasteiger partial charge in [0, 0.05) is 36.6 Å². The number of carbonyl (C=O) groups excluding carboxylic acids is 2. The minimum absolute atomic E-state index is 0.0503. The van der Waals surface area contributed by atoms with E-state index in [1.54, 1.807) is 21.9 Å². The van der Waals surface area contributed by atoms with Gasteiger partial charge in [0.15, 0.2) is 0 Å². The lowest BCUT2D eigenvalue weighted by Crippen LogP contribution is -2.47. The van der Waals surface area contributed by atoms with E-state index >= 15 is 0 Å². The zero-order chi connectivity index (χ0) is 16.8. The minimum Gasteiger partial charge on any atom is -0.378 e. The average Bonchev–Trinajstić information content (AvgIpc) is 2.53. The number of amides is 2. The van der Waals surface area contributed by atoms with Gasteiger partial charge in [0.2, 0.25) is 11.8 Å². The van der Waals surface area contributed by atoms with Crippen molar-refractivity contribution in [2.24, 2.45) is 0 Å². The van der Waals surface area contributed by atoms with E-state index in [4.69, 9.17) is 27.9 Å². The summed E-state index contributed by atoms with van der Waals surface area (Å²) in [5.41, 5.74) is 0.904. The number of nitrogens with zero attached hydrogens (tertiary/aromatic N) is 2. The molecule has 23 heavy (non-hydrogen) atoms. The first-order valence-electron chi connectivity index (χ1n) is 7.52. The van der Waals surface area contributed by atoms with Crippen LogP contribution in [0.2, 0.25) is 10.0 Å². The summed E-state index contributed by atoms with van der Waals surface area (Å²) in [6, 6.07) is 5.28. The van der Waals surface area contributed by atoms with E-state index in [2.05, 4.69) is 0 Å². The zero-order valence-corrected chi connectivity index (χ0v) is 14.6. The van der Waals surface area contributed by atoms with Crippen LogP contribution >= 0.6 is 23.2 Å². The molecule has 1 aliphatic rings. The number of morpholine rings is 1. The summed E-state index contributed by atoms with van der Waals surface area (Å²) in [4.78, 5) is 27.3. The third-order valence-corrected chi connectivity index (χ3v) is 4.39. The molecule has 126 valence electrons. The van der Waals surface area contributed by atoms with Crippen molar-refractivity contribution < 1.29 is 14.3 Å². The highest BCUT2D eigenvalue weighted by Crippen LogP contribution is 2.21. The van der Waals surface area contributed by atoms with E-state index in [1.807, 2.05) is 6.07 Å². The lowest BCUT2D eigenvalue weighted by atomic mass is 10.1. The van der Waals surface area contributed by atoms with Crippen LogP contribution in [0.1, 0.15) is 12.5 Å². The van der Waals surface area contributed by atoms with Crippen LogP contribution in [-0.2, 0) is 20.7 Å². The molecule has 2 rings (SSSR count). The molecular weight excluding hydrogens is 339 g/mol. The maximum Gasteiger partial charge on any atom is 0.242 e. The van der Waals surface area contributed by atoms with Gasteiger partial charge in [-0.1, -0.05) is 29.3 Å². The van der Waals surface area contributed by atoms with Gasteiger partial charge in [0.05, 0.1) is 19.8 Å². The van der Waals surface area contributed by atoms with E-state index in [-0.39, 0.29) is 18.4 Å². The SMILES string of the molecule is CC(=O)N(CCc1ccc(Cl)cc1Cl)CC(=O)N1CCOCC1. The fraction of sp³-hybridized carbons (Fsp3) is 0.500. The summed E-state index contributed by atoms with van der Waals surface area (Å²) >= 11 is 12.0. The van der Waals surface area contributed by atoms with Crippen LogP contribution < -0.4 is 0 Å². The lowest BCUT2D eigenvalue weighted by molar-refractivity contribution is -0.142. The highest BCUT2D eigenvalue weighted by molar-refractivity contribution is 6.35. The van der Waals surface area contributed by atoms with Gasteiger partial charge < -0.3 is 14.5 Å². The Bertz CT molecular complexity index is 574. The highest BCUT2D eigenvalue weighted by atomic mass is 35.5. The average molecular weight is 359 g/mol. The van der Waals surface area contributed by atoms with E-state index in [1.165, 1.54) is 6.92 Å². The van der Waals surface area contributed by atoms with Crippen LogP contribution in [0.3, 0.4) is 0 Å². The number of rotatable bonds is 5. The van der Waals surface area contributed by atoms with Crippen molar-refractivity contribution >= 4 is 35.0 Å². The summed E-state index contributed by atoms with van der Waals surface area (Å²) < 4.78 is 5.23. The summed E-state index contributed by atoms with van der Waals surface area (Å²) in [6.45, 7) is 4.24. The third kappa shape index (κ3) is 5.37. The van der Waals surface area contributed by atoms with Crippen LogP contribution in [0.4, 0.5) is 0 Å². The molecule has 1 aliphatic heterocycles. The molecule has 0 N–H and O–H groups in total. The molecule has 0 aromatic heterocycles. The predicted octanol–water partition coefficient (Wildman–Crippen LogP) is 2.24. The van der Waals surface area contributed by atoms with Crippen molar-refractivity contribution in [2.45, 2.75) is 13.3 Å².